The lowest BCUT2D eigenvalue weighted by molar-refractivity contribution is -0.142. The number of carbonyl (C=O) groups excluding carboxylic acids is 1. The Morgan fingerprint density at radius 2 is 2.20 bits per heavy atom. The van der Waals surface area contributed by atoms with Gasteiger partial charge in [0, 0.05) is 18.5 Å². The van der Waals surface area contributed by atoms with Crippen LogP contribution in [0.5, 0.6) is 0 Å². The molecule has 2 atom stereocenters. The van der Waals surface area contributed by atoms with Crippen LogP contribution in [0.2, 0.25) is 0 Å². The molecule has 20 heavy (non-hydrogen) atoms. The Morgan fingerprint density at radius 3 is 2.75 bits per heavy atom. The number of hydrogen-bond acceptors (Lipinski definition) is 3. The van der Waals surface area contributed by atoms with E-state index in [1.807, 2.05) is 12.1 Å². The maximum Gasteiger partial charge on any atom is 0.323 e. The molecule has 1 aromatic heterocycles. The third kappa shape index (κ3) is 3.50. The number of carboxylic acids is 1. The van der Waals surface area contributed by atoms with Crippen molar-refractivity contribution < 1.29 is 19.1 Å². The number of hydrogen-bond donors (Lipinski definition) is 1. The van der Waals surface area contributed by atoms with Gasteiger partial charge in [-0.1, -0.05) is 6.92 Å². The highest BCUT2D eigenvalue weighted by Gasteiger charge is 2.36. The van der Waals surface area contributed by atoms with E-state index in [0.29, 0.717) is 24.1 Å². The van der Waals surface area contributed by atoms with Gasteiger partial charge in [0.25, 0.3) is 0 Å². The molecule has 0 saturated heterocycles. The number of carboxylic acid groups (broad SMARTS) is 1. The van der Waals surface area contributed by atoms with Gasteiger partial charge in [-0.15, -0.1) is 0 Å². The van der Waals surface area contributed by atoms with Crippen LogP contribution in [0.25, 0.3) is 6.08 Å². The van der Waals surface area contributed by atoms with Gasteiger partial charge in [0.2, 0.25) is 5.91 Å². The van der Waals surface area contributed by atoms with Crippen LogP contribution in [-0.2, 0) is 9.59 Å². The number of aliphatic carboxylic acids is 1. The summed E-state index contributed by atoms with van der Waals surface area (Å²) in [5, 5.41) is 8.71. The molecule has 1 aliphatic carbocycles. The van der Waals surface area contributed by atoms with Crippen LogP contribution >= 0.6 is 0 Å². The fraction of sp³-hybridized carbons (Fsp3) is 0.467. The third-order valence-electron chi connectivity index (χ3n) is 3.53. The smallest absolute Gasteiger partial charge is 0.323 e. The Morgan fingerprint density at radius 1 is 1.50 bits per heavy atom. The molecule has 0 aromatic carbocycles. The predicted octanol–water partition coefficient (Wildman–Crippen LogP) is 2.35. The Labute approximate surface area is 117 Å². The Hall–Kier alpha value is -2.04. The van der Waals surface area contributed by atoms with Crippen molar-refractivity contribution in [2.24, 2.45) is 5.92 Å². The van der Waals surface area contributed by atoms with E-state index in [9.17, 15) is 9.59 Å². The van der Waals surface area contributed by atoms with Crippen LogP contribution in [0.1, 0.15) is 37.7 Å². The van der Waals surface area contributed by atoms with E-state index in [1.165, 1.54) is 11.0 Å². The summed E-state index contributed by atoms with van der Waals surface area (Å²) in [4.78, 5) is 23.7. The molecule has 1 amide bonds. The zero-order valence-corrected chi connectivity index (χ0v) is 11.7. The van der Waals surface area contributed by atoms with E-state index < -0.39 is 5.97 Å². The fourth-order valence-corrected chi connectivity index (χ4v) is 2.14. The normalized spacial score (nSPS) is 21.1. The zero-order chi connectivity index (χ0) is 14.7. The first kappa shape index (κ1) is 14.4. The minimum absolute atomic E-state index is 0.289. The van der Waals surface area contributed by atoms with Gasteiger partial charge >= 0.3 is 5.97 Å². The van der Waals surface area contributed by atoms with Crippen LogP contribution in [0, 0.1) is 5.92 Å². The first-order chi connectivity index (χ1) is 9.51. The van der Waals surface area contributed by atoms with Crippen LogP contribution < -0.4 is 0 Å². The molecule has 1 N–H and O–H groups in total. The SMILES string of the molecule is CCN(CC(=O)O)C(=O)/C=C/c1ccc(C2CC2C)o1. The molecule has 1 saturated carbocycles. The highest BCUT2D eigenvalue weighted by atomic mass is 16.4. The highest BCUT2D eigenvalue weighted by Crippen LogP contribution is 2.47. The lowest BCUT2D eigenvalue weighted by Crippen LogP contribution is -2.34. The van der Waals surface area contributed by atoms with Crippen LogP contribution in [0.3, 0.4) is 0 Å². The summed E-state index contributed by atoms with van der Waals surface area (Å²) >= 11 is 0. The number of furan rings is 1. The Bertz CT molecular complexity index is 532. The number of amides is 1. The van der Waals surface area contributed by atoms with Gasteiger partial charge in [-0.2, -0.15) is 0 Å². The second-order valence-electron chi connectivity index (χ2n) is 5.14. The molecular weight excluding hydrogens is 258 g/mol. The van der Waals surface area contributed by atoms with Gasteiger partial charge < -0.3 is 14.4 Å². The average molecular weight is 277 g/mol. The van der Waals surface area contributed by atoms with Crippen LogP contribution in [-0.4, -0.2) is 35.0 Å². The quantitative estimate of drug-likeness (QED) is 0.810. The van der Waals surface area contributed by atoms with E-state index in [4.69, 9.17) is 9.52 Å². The van der Waals surface area contributed by atoms with E-state index in [1.54, 1.807) is 13.0 Å². The monoisotopic (exact) mass is 277 g/mol. The van der Waals surface area contributed by atoms with Crippen molar-refractivity contribution in [3.63, 3.8) is 0 Å². The second-order valence-corrected chi connectivity index (χ2v) is 5.14. The highest BCUT2D eigenvalue weighted by molar-refractivity contribution is 5.93. The van der Waals surface area contributed by atoms with Crippen molar-refractivity contribution in [2.45, 2.75) is 26.2 Å². The molecule has 1 fully saturated rings. The molecule has 0 radical (unpaired) electrons. The predicted molar refractivity (Wildman–Crippen MR) is 74.2 cm³/mol. The summed E-state index contributed by atoms with van der Waals surface area (Å²) in [7, 11) is 0. The minimum Gasteiger partial charge on any atom is -0.480 e. The summed E-state index contributed by atoms with van der Waals surface area (Å²) in [5.74, 6) is 1.42. The van der Waals surface area contributed by atoms with Gasteiger partial charge in [0.05, 0.1) is 0 Å². The van der Waals surface area contributed by atoms with Gasteiger partial charge in [-0.3, -0.25) is 9.59 Å². The molecule has 2 unspecified atom stereocenters. The molecule has 1 heterocycles. The molecule has 1 aromatic rings. The third-order valence-corrected chi connectivity index (χ3v) is 3.53. The summed E-state index contributed by atoms with van der Waals surface area (Å²) in [5.41, 5.74) is 0. The maximum absolute atomic E-state index is 11.8. The summed E-state index contributed by atoms with van der Waals surface area (Å²) in [6, 6.07) is 3.77. The van der Waals surface area contributed by atoms with Crippen molar-refractivity contribution in [2.75, 3.05) is 13.1 Å². The van der Waals surface area contributed by atoms with Gasteiger partial charge in [0.15, 0.2) is 0 Å². The molecule has 0 bridgehead atoms. The van der Waals surface area contributed by atoms with E-state index in [-0.39, 0.29) is 12.5 Å². The van der Waals surface area contributed by atoms with Gasteiger partial charge in [0.1, 0.15) is 18.1 Å². The number of carbonyl (C=O) groups is 2. The second kappa shape index (κ2) is 5.94. The van der Waals surface area contributed by atoms with Crippen LogP contribution in [0.15, 0.2) is 22.6 Å². The van der Waals surface area contributed by atoms with Crippen molar-refractivity contribution >= 4 is 18.0 Å². The number of rotatable bonds is 6. The van der Waals surface area contributed by atoms with Crippen molar-refractivity contribution in [3.8, 4) is 0 Å². The lowest BCUT2D eigenvalue weighted by Gasteiger charge is -2.15. The molecule has 5 heteroatoms. The Balaban J connectivity index is 1.95. The minimum atomic E-state index is -1.02. The van der Waals surface area contributed by atoms with Crippen molar-refractivity contribution in [1.29, 1.82) is 0 Å². The van der Waals surface area contributed by atoms with E-state index in [2.05, 4.69) is 6.92 Å². The van der Waals surface area contributed by atoms with E-state index in [0.717, 1.165) is 12.2 Å². The average Bonchev–Trinajstić information content (AvgIpc) is 2.95. The molecule has 0 spiro atoms. The molecule has 2 rings (SSSR count). The van der Waals surface area contributed by atoms with Gasteiger partial charge in [-0.05, 0) is 37.5 Å². The Kier molecular flexibility index (Phi) is 4.27. The number of likely N-dealkylation sites (N-methyl/N-ethyl adjacent to an activating group) is 1. The van der Waals surface area contributed by atoms with Gasteiger partial charge in [-0.25, -0.2) is 0 Å². The first-order valence-corrected chi connectivity index (χ1v) is 6.79. The topological polar surface area (TPSA) is 70.8 Å². The first-order valence-electron chi connectivity index (χ1n) is 6.79. The van der Waals surface area contributed by atoms with Crippen molar-refractivity contribution in [3.05, 3.63) is 29.7 Å². The number of nitrogens with zero attached hydrogens (tertiary/aromatic N) is 1. The molecule has 0 aliphatic heterocycles. The van der Waals surface area contributed by atoms with E-state index >= 15 is 0 Å². The maximum atomic E-state index is 11.8. The largest absolute Gasteiger partial charge is 0.480 e. The standard InChI is InChI=1S/C15H19NO4/c1-3-16(9-15(18)19)14(17)7-5-11-4-6-13(20-11)12-8-10(12)2/h4-7,10,12H,3,8-9H2,1-2H3,(H,18,19)/b7-5+. The summed E-state index contributed by atoms with van der Waals surface area (Å²) in [6.45, 7) is 3.99. The molecule has 108 valence electrons. The summed E-state index contributed by atoms with van der Waals surface area (Å²) < 4.78 is 5.65. The lowest BCUT2D eigenvalue weighted by atomic mass is 10.3. The van der Waals surface area contributed by atoms with Crippen LogP contribution in [0.4, 0.5) is 0 Å². The molecular formula is C15H19NO4. The fourth-order valence-electron chi connectivity index (χ4n) is 2.14. The molecule has 1 aliphatic rings. The zero-order valence-electron chi connectivity index (χ0n) is 11.7. The summed E-state index contributed by atoms with van der Waals surface area (Å²) in [6.07, 6.45) is 4.09. The van der Waals surface area contributed by atoms with Crippen molar-refractivity contribution in [1.82, 2.24) is 4.90 Å². The molecule has 5 nitrogen and oxygen atoms in total.